The lowest BCUT2D eigenvalue weighted by Crippen LogP contribution is -2.45. The van der Waals surface area contributed by atoms with E-state index >= 15 is 0 Å². The van der Waals surface area contributed by atoms with Gasteiger partial charge >= 0.3 is 5.97 Å². The third kappa shape index (κ3) is 4.19. The highest BCUT2D eigenvalue weighted by Crippen LogP contribution is 2.26. The largest absolute Gasteiger partial charge is 0.507 e. The number of rotatable bonds is 6. The van der Waals surface area contributed by atoms with Crippen molar-refractivity contribution >= 4 is 21.9 Å². The number of aromatic hydroxyl groups is 1. The molecule has 106 valence electrons. The van der Waals surface area contributed by atoms with Gasteiger partial charge < -0.3 is 14.9 Å². The Hall–Kier alpha value is -1.11. The van der Waals surface area contributed by atoms with E-state index in [1.54, 1.807) is 26.0 Å². The van der Waals surface area contributed by atoms with E-state index in [4.69, 9.17) is 9.84 Å². The summed E-state index contributed by atoms with van der Waals surface area (Å²) in [6.45, 7) is 3.71. The van der Waals surface area contributed by atoms with Crippen LogP contribution in [0.15, 0.2) is 16.6 Å². The molecule has 0 aliphatic rings. The highest BCUT2D eigenvalue weighted by Gasteiger charge is 2.24. The third-order valence-corrected chi connectivity index (χ3v) is 3.42. The fraction of sp³-hybridized carbons (Fsp3) is 0.462. The van der Waals surface area contributed by atoms with Crippen LogP contribution in [0.1, 0.15) is 18.1 Å². The maximum Gasteiger partial charge on any atom is 0.323 e. The molecule has 1 aromatic carbocycles. The Morgan fingerprint density at radius 2 is 2.16 bits per heavy atom. The van der Waals surface area contributed by atoms with Gasteiger partial charge in [0.25, 0.3) is 0 Å². The minimum absolute atomic E-state index is 0.171. The number of benzene rings is 1. The molecule has 0 fully saturated rings. The first kappa shape index (κ1) is 15.9. The molecule has 0 saturated heterocycles. The second-order valence-electron chi connectivity index (χ2n) is 4.37. The summed E-state index contributed by atoms with van der Waals surface area (Å²) in [6.07, 6.45) is -0.465. The van der Waals surface area contributed by atoms with Gasteiger partial charge in [0.15, 0.2) is 0 Å². The number of carboxylic acids is 1. The number of aliphatic carboxylic acids is 1. The van der Waals surface area contributed by atoms with Crippen LogP contribution in [0.5, 0.6) is 5.75 Å². The van der Waals surface area contributed by atoms with Gasteiger partial charge in [-0.3, -0.25) is 10.1 Å². The Balaban J connectivity index is 2.83. The maximum atomic E-state index is 11.1. The van der Waals surface area contributed by atoms with Gasteiger partial charge in [0.05, 0.1) is 6.10 Å². The van der Waals surface area contributed by atoms with Crippen LogP contribution in [0, 0.1) is 6.92 Å². The first-order valence-electron chi connectivity index (χ1n) is 5.83. The second-order valence-corrected chi connectivity index (χ2v) is 5.28. The van der Waals surface area contributed by atoms with Crippen molar-refractivity contribution in [3.05, 3.63) is 27.7 Å². The van der Waals surface area contributed by atoms with Crippen LogP contribution in [-0.4, -0.2) is 35.4 Å². The van der Waals surface area contributed by atoms with Crippen LogP contribution >= 0.6 is 15.9 Å². The molecule has 0 aromatic heterocycles. The number of phenols is 1. The van der Waals surface area contributed by atoms with Crippen LogP contribution in [0.25, 0.3) is 0 Å². The topological polar surface area (TPSA) is 78.8 Å². The first-order chi connectivity index (χ1) is 8.86. The number of hydrogen-bond acceptors (Lipinski definition) is 4. The zero-order valence-electron chi connectivity index (χ0n) is 11.1. The zero-order chi connectivity index (χ0) is 14.6. The Morgan fingerprint density at radius 1 is 1.53 bits per heavy atom. The van der Waals surface area contributed by atoms with E-state index < -0.39 is 18.1 Å². The Bertz CT molecular complexity index is 464. The predicted molar refractivity (Wildman–Crippen MR) is 75.3 cm³/mol. The average molecular weight is 332 g/mol. The molecule has 6 heteroatoms. The lowest BCUT2D eigenvalue weighted by molar-refractivity contribution is -0.142. The Morgan fingerprint density at radius 3 is 2.68 bits per heavy atom. The highest BCUT2D eigenvalue weighted by molar-refractivity contribution is 9.10. The molecule has 0 unspecified atom stereocenters. The number of phenolic OH excluding ortho intramolecular Hbond substituents is 1. The number of carboxylic acid groups (broad SMARTS) is 1. The molecular weight excluding hydrogens is 314 g/mol. The van der Waals surface area contributed by atoms with Crippen molar-refractivity contribution in [2.45, 2.75) is 32.5 Å². The monoisotopic (exact) mass is 331 g/mol. The van der Waals surface area contributed by atoms with Gasteiger partial charge in [-0.25, -0.2) is 0 Å². The molecule has 0 amide bonds. The normalized spacial score (nSPS) is 14.1. The van der Waals surface area contributed by atoms with Gasteiger partial charge in [-0.1, -0.05) is 15.9 Å². The molecule has 0 aliphatic carbocycles. The number of carbonyl (C=O) groups is 1. The van der Waals surface area contributed by atoms with Gasteiger partial charge in [-0.15, -0.1) is 0 Å². The molecule has 5 nitrogen and oxygen atoms in total. The molecule has 0 aliphatic heterocycles. The van der Waals surface area contributed by atoms with Gasteiger partial charge in [-0.2, -0.15) is 0 Å². The van der Waals surface area contributed by atoms with Crippen molar-refractivity contribution in [2.75, 3.05) is 7.11 Å². The summed E-state index contributed by atoms with van der Waals surface area (Å²) in [5, 5.41) is 21.9. The summed E-state index contributed by atoms with van der Waals surface area (Å²) < 4.78 is 5.86. The molecule has 0 radical (unpaired) electrons. The fourth-order valence-electron chi connectivity index (χ4n) is 1.75. The van der Waals surface area contributed by atoms with Gasteiger partial charge in [-0.05, 0) is 31.5 Å². The van der Waals surface area contributed by atoms with Crippen molar-refractivity contribution in [2.24, 2.45) is 0 Å². The lowest BCUT2D eigenvalue weighted by atomic mass is 10.1. The summed E-state index contributed by atoms with van der Waals surface area (Å²) >= 11 is 3.35. The maximum absolute atomic E-state index is 11.1. The van der Waals surface area contributed by atoms with Gasteiger partial charge in [0.2, 0.25) is 0 Å². The van der Waals surface area contributed by atoms with Crippen molar-refractivity contribution in [1.82, 2.24) is 5.32 Å². The Kier molecular flexibility index (Phi) is 5.78. The van der Waals surface area contributed by atoms with Gasteiger partial charge in [0.1, 0.15) is 11.8 Å². The van der Waals surface area contributed by atoms with Crippen molar-refractivity contribution in [3.8, 4) is 5.75 Å². The molecule has 0 heterocycles. The summed E-state index contributed by atoms with van der Waals surface area (Å²) in [7, 11) is 1.46. The van der Waals surface area contributed by atoms with Gasteiger partial charge in [0, 0.05) is 23.7 Å². The average Bonchev–Trinajstić information content (AvgIpc) is 2.34. The fourth-order valence-corrected chi connectivity index (χ4v) is 2.37. The summed E-state index contributed by atoms with van der Waals surface area (Å²) in [4.78, 5) is 11.1. The lowest BCUT2D eigenvalue weighted by Gasteiger charge is -2.20. The Labute approximate surface area is 120 Å². The molecule has 0 saturated carbocycles. The van der Waals surface area contributed by atoms with Crippen molar-refractivity contribution in [3.63, 3.8) is 0 Å². The van der Waals surface area contributed by atoms with Crippen molar-refractivity contribution < 1.29 is 19.7 Å². The van der Waals surface area contributed by atoms with E-state index in [-0.39, 0.29) is 12.3 Å². The molecule has 1 aromatic rings. The number of ether oxygens (including phenoxy) is 1. The molecule has 3 N–H and O–H groups in total. The molecule has 19 heavy (non-hydrogen) atoms. The predicted octanol–water partition coefficient (Wildman–Crippen LogP) is 2.04. The SMILES string of the molecule is CO[C@H](C)[C@H](NCc1cc(Br)cc(C)c1O)C(=O)O. The smallest absolute Gasteiger partial charge is 0.323 e. The number of aryl methyl sites for hydroxylation is 1. The number of halogens is 1. The number of hydrogen-bond donors (Lipinski definition) is 3. The molecule has 2 atom stereocenters. The van der Waals surface area contributed by atoms with Crippen LogP contribution in [-0.2, 0) is 16.1 Å². The molecule has 1 rings (SSSR count). The van der Waals surface area contributed by atoms with E-state index in [2.05, 4.69) is 21.2 Å². The zero-order valence-corrected chi connectivity index (χ0v) is 12.7. The van der Waals surface area contributed by atoms with E-state index in [1.807, 2.05) is 0 Å². The first-order valence-corrected chi connectivity index (χ1v) is 6.63. The van der Waals surface area contributed by atoms with E-state index in [1.165, 1.54) is 7.11 Å². The number of nitrogens with one attached hydrogen (secondary N) is 1. The minimum Gasteiger partial charge on any atom is -0.507 e. The molecule has 0 bridgehead atoms. The summed E-state index contributed by atoms with van der Waals surface area (Å²) in [5.41, 5.74) is 1.37. The van der Waals surface area contributed by atoms with E-state index in [0.717, 1.165) is 10.0 Å². The number of methoxy groups -OCH3 is 1. The van der Waals surface area contributed by atoms with E-state index in [0.29, 0.717) is 5.56 Å². The summed E-state index contributed by atoms with van der Waals surface area (Å²) in [6, 6.07) is 2.72. The summed E-state index contributed by atoms with van der Waals surface area (Å²) in [5.74, 6) is -0.814. The van der Waals surface area contributed by atoms with Crippen LogP contribution in [0.4, 0.5) is 0 Å². The van der Waals surface area contributed by atoms with Crippen LogP contribution in [0.2, 0.25) is 0 Å². The highest BCUT2D eigenvalue weighted by atomic mass is 79.9. The second kappa shape index (κ2) is 6.88. The standard InChI is InChI=1S/C13H18BrNO4/c1-7-4-10(14)5-9(12(7)16)6-15-11(13(17)18)8(2)19-3/h4-5,8,11,15-16H,6H2,1-3H3,(H,17,18)/t8-,11+/m1/s1. The van der Waals surface area contributed by atoms with Crippen LogP contribution < -0.4 is 5.32 Å². The van der Waals surface area contributed by atoms with E-state index in [9.17, 15) is 9.90 Å². The minimum atomic E-state index is -0.986. The van der Waals surface area contributed by atoms with Crippen LogP contribution in [0.3, 0.4) is 0 Å². The molecular formula is C13H18BrNO4. The molecule has 0 spiro atoms. The van der Waals surface area contributed by atoms with Crippen molar-refractivity contribution in [1.29, 1.82) is 0 Å². The quantitative estimate of drug-likeness (QED) is 0.743. The third-order valence-electron chi connectivity index (χ3n) is 2.96.